The standard InChI is InChI=1S/C20H22ClF3N4O/c21-16-17(19(29)25-13-9-5-2-6-10-13)27-28-15(20(22,23)24)11-14(26-18(16)28)12-7-3-1-4-8-12/h1,3-4,7-8,13-15,26H,2,5-6,9-11H2,(H,25,29)/t14-,15-/m1/s1. The number of fused-ring (bicyclic) bond motifs is 1. The summed E-state index contributed by atoms with van der Waals surface area (Å²) >= 11 is 6.35. The smallest absolute Gasteiger partial charge is 0.362 e. The molecule has 1 amide bonds. The molecule has 1 aromatic heterocycles. The second-order valence-corrected chi connectivity index (χ2v) is 8.04. The fraction of sp³-hybridized carbons (Fsp3) is 0.500. The van der Waals surface area contributed by atoms with Crippen molar-refractivity contribution < 1.29 is 18.0 Å². The first-order valence-electron chi connectivity index (χ1n) is 9.81. The molecule has 1 saturated carbocycles. The molecule has 4 rings (SSSR count). The second kappa shape index (κ2) is 7.89. The molecule has 9 heteroatoms. The summed E-state index contributed by atoms with van der Waals surface area (Å²) in [4.78, 5) is 12.7. The molecule has 0 saturated heterocycles. The maximum Gasteiger partial charge on any atom is 0.410 e. The number of alkyl halides is 3. The summed E-state index contributed by atoms with van der Waals surface area (Å²) in [5.74, 6) is -0.495. The SMILES string of the molecule is O=C(NC1CCCCC1)c1nn2c(c1Cl)N[C@@H](c1ccccc1)C[C@@H]2C(F)(F)F. The van der Waals surface area contributed by atoms with Gasteiger partial charge < -0.3 is 10.6 Å². The van der Waals surface area contributed by atoms with Gasteiger partial charge in [0.05, 0.1) is 6.04 Å². The third-order valence-corrected chi connectivity index (χ3v) is 6.01. The van der Waals surface area contributed by atoms with Crippen LogP contribution in [0, 0.1) is 0 Å². The van der Waals surface area contributed by atoms with Gasteiger partial charge in [0.15, 0.2) is 11.7 Å². The normalized spacial score (nSPS) is 22.6. The molecule has 29 heavy (non-hydrogen) atoms. The summed E-state index contributed by atoms with van der Waals surface area (Å²) in [5, 5.41) is 9.83. The fourth-order valence-electron chi connectivity index (χ4n) is 4.14. The molecule has 0 bridgehead atoms. The highest BCUT2D eigenvalue weighted by molar-refractivity contribution is 6.36. The minimum Gasteiger partial charge on any atom is -0.362 e. The van der Waals surface area contributed by atoms with Crippen molar-refractivity contribution in [1.29, 1.82) is 0 Å². The molecule has 2 aliphatic rings. The van der Waals surface area contributed by atoms with E-state index in [2.05, 4.69) is 15.7 Å². The summed E-state index contributed by atoms with van der Waals surface area (Å²) in [6.45, 7) is 0. The van der Waals surface area contributed by atoms with E-state index in [9.17, 15) is 18.0 Å². The zero-order valence-corrected chi connectivity index (χ0v) is 16.4. The third-order valence-electron chi connectivity index (χ3n) is 5.65. The van der Waals surface area contributed by atoms with Crippen molar-refractivity contribution in [3.63, 3.8) is 0 Å². The highest BCUT2D eigenvalue weighted by Crippen LogP contribution is 2.46. The summed E-state index contributed by atoms with van der Waals surface area (Å²) in [6.07, 6.45) is 0.138. The number of hydrogen-bond acceptors (Lipinski definition) is 3. The number of hydrogen-bond donors (Lipinski definition) is 2. The first-order valence-corrected chi connectivity index (χ1v) is 10.2. The molecule has 1 aliphatic carbocycles. The van der Waals surface area contributed by atoms with Crippen molar-refractivity contribution in [2.45, 2.75) is 62.8 Å². The lowest BCUT2D eigenvalue weighted by Crippen LogP contribution is -2.37. The van der Waals surface area contributed by atoms with Crippen molar-refractivity contribution >= 4 is 23.3 Å². The number of carbonyl (C=O) groups excluding carboxylic acids is 1. The Morgan fingerprint density at radius 2 is 1.86 bits per heavy atom. The molecule has 1 fully saturated rings. The van der Waals surface area contributed by atoms with Crippen molar-refractivity contribution in [1.82, 2.24) is 15.1 Å². The number of rotatable bonds is 3. The Labute approximate surface area is 171 Å². The van der Waals surface area contributed by atoms with Gasteiger partial charge in [-0.25, -0.2) is 4.68 Å². The molecule has 1 aliphatic heterocycles. The van der Waals surface area contributed by atoms with Crippen LogP contribution in [0.5, 0.6) is 0 Å². The minimum atomic E-state index is -4.52. The number of amides is 1. The highest BCUT2D eigenvalue weighted by atomic mass is 35.5. The Bertz CT molecular complexity index is 878. The lowest BCUT2D eigenvalue weighted by Gasteiger charge is -2.33. The van der Waals surface area contributed by atoms with Crippen LogP contribution in [-0.4, -0.2) is 27.9 Å². The van der Waals surface area contributed by atoms with Gasteiger partial charge in [0.25, 0.3) is 5.91 Å². The van der Waals surface area contributed by atoms with Gasteiger partial charge >= 0.3 is 6.18 Å². The van der Waals surface area contributed by atoms with E-state index in [1.807, 2.05) is 0 Å². The van der Waals surface area contributed by atoms with Crippen molar-refractivity contribution in [3.05, 3.63) is 46.6 Å². The Balaban J connectivity index is 1.65. The van der Waals surface area contributed by atoms with E-state index in [-0.39, 0.29) is 29.0 Å². The second-order valence-electron chi connectivity index (χ2n) is 7.66. The molecule has 0 spiro atoms. The maximum absolute atomic E-state index is 13.8. The first-order chi connectivity index (χ1) is 13.8. The highest BCUT2D eigenvalue weighted by Gasteiger charge is 2.47. The van der Waals surface area contributed by atoms with Crippen molar-refractivity contribution in [2.24, 2.45) is 0 Å². The number of carbonyl (C=O) groups is 1. The Hall–Kier alpha value is -2.22. The summed E-state index contributed by atoms with van der Waals surface area (Å²) in [5.41, 5.74) is 0.557. The maximum atomic E-state index is 13.8. The van der Waals surface area contributed by atoms with Crippen LogP contribution in [0.3, 0.4) is 0 Å². The Morgan fingerprint density at radius 1 is 1.17 bits per heavy atom. The van der Waals surface area contributed by atoms with Crippen molar-refractivity contribution in [3.8, 4) is 0 Å². The quantitative estimate of drug-likeness (QED) is 0.703. The lowest BCUT2D eigenvalue weighted by molar-refractivity contribution is -0.173. The number of halogens is 4. The lowest BCUT2D eigenvalue weighted by atomic mass is 9.95. The van der Waals surface area contributed by atoms with Crippen LogP contribution in [0.25, 0.3) is 0 Å². The van der Waals surface area contributed by atoms with Gasteiger partial charge in [-0.2, -0.15) is 18.3 Å². The topological polar surface area (TPSA) is 59.0 Å². The molecule has 2 N–H and O–H groups in total. The van der Waals surface area contributed by atoms with E-state index in [0.717, 1.165) is 42.3 Å². The molecule has 0 radical (unpaired) electrons. The first kappa shape index (κ1) is 20.1. The molecular formula is C20H22ClF3N4O. The zero-order chi connectivity index (χ0) is 20.6. The van der Waals surface area contributed by atoms with Crippen LogP contribution in [0.1, 0.15) is 66.7 Å². The molecule has 2 heterocycles. The van der Waals surface area contributed by atoms with E-state index in [1.165, 1.54) is 0 Å². The van der Waals surface area contributed by atoms with Gasteiger partial charge in [-0.05, 0) is 18.4 Å². The average molecular weight is 427 g/mol. The number of nitrogens with one attached hydrogen (secondary N) is 2. The Morgan fingerprint density at radius 3 is 2.52 bits per heavy atom. The summed E-state index contributed by atoms with van der Waals surface area (Å²) < 4.78 is 42.2. The third kappa shape index (κ3) is 4.08. The molecule has 2 aromatic rings. The van der Waals surface area contributed by atoms with E-state index in [1.54, 1.807) is 30.3 Å². The largest absolute Gasteiger partial charge is 0.410 e. The van der Waals surface area contributed by atoms with E-state index < -0.39 is 24.2 Å². The van der Waals surface area contributed by atoms with Crippen LogP contribution >= 0.6 is 11.6 Å². The van der Waals surface area contributed by atoms with E-state index in [0.29, 0.717) is 0 Å². The van der Waals surface area contributed by atoms with Crippen LogP contribution in [0.15, 0.2) is 30.3 Å². The number of benzene rings is 1. The summed E-state index contributed by atoms with van der Waals surface area (Å²) in [7, 11) is 0. The predicted octanol–water partition coefficient (Wildman–Crippen LogP) is 5.26. The fourth-order valence-corrected chi connectivity index (χ4v) is 4.40. The summed E-state index contributed by atoms with van der Waals surface area (Å²) in [6, 6.07) is 6.44. The molecule has 5 nitrogen and oxygen atoms in total. The molecule has 1 aromatic carbocycles. The average Bonchev–Trinajstić information content (AvgIpc) is 3.05. The zero-order valence-electron chi connectivity index (χ0n) is 15.7. The van der Waals surface area contributed by atoms with Crippen LogP contribution in [-0.2, 0) is 0 Å². The van der Waals surface area contributed by atoms with Gasteiger partial charge in [0.1, 0.15) is 10.8 Å². The number of nitrogens with zero attached hydrogens (tertiary/aromatic N) is 2. The molecular weight excluding hydrogens is 405 g/mol. The van der Waals surface area contributed by atoms with Crippen LogP contribution in [0.4, 0.5) is 19.0 Å². The Kier molecular flexibility index (Phi) is 5.46. The predicted molar refractivity (Wildman–Crippen MR) is 104 cm³/mol. The van der Waals surface area contributed by atoms with E-state index >= 15 is 0 Å². The number of anilines is 1. The van der Waals surface area contributed by atoms with Gasteiger partial charge in [0.2, 0.25) is 0 Å². The van der Waals surface area contributed by atoms with Crippen LogP contribution in [0.2, 0.25) is 5.02 Å². The monoisotopic (exact) mass is 426 g/mol. The van der Waals surface area contributed by atoms with E-state index in [4.69, 9.17) is 11.6 Å². The minimum absolute atomic E-state index is 0.00878. The van der Waals surface area contributed by atoms with Crippen LogP contribution < -0.4 is 10.6 Å². The molecule has 156 valence electrons. The number of aromatic nitrogens is 2. The van der Waals surface area contributed by atoms with Crippen molar-refractivity contribution in [2.75, 3.05) is 5.32 Å². The van der Waals surface area contributed by atoms with Gasteiger partial charge in [-0.15, -0.1) is 0 Å². The molecule has 0 unspecified atom stereocenters. The van der Waals surface area contributed by atoms with Gasteiger partial charge in [-0.3, -0.25) is 4.79 Å². The molecule has 2 atom stereocenters. The van der Waals surface area contributed by atoms with Gasteiger partial charge in [-0.1, -0.05) is 61.2 Å². The van der Waals surface area contributed by atoms with Gasteiger partial charge in [0, 0.05) is 12.5 Å².